The van der Waals surface area contributed by atoms with Gasteiger partial charge in [-0.2, -0.15) is 5.26 Å². The smallest absolute Gasteiger partial charge is 0.162 e. The average Bonchev–Trinajstić information content (AvgIpc) is 2.28. The summed E-state index contributed by atoms with van der Waals surface area (Å²) in [6.07, 6.45) is 0. The van der Waals surface area contributed by atoms with Gasteiger partial charge in [0.05, 0.1) is 18.7 Å². The molecule has 0 radical (unpaired) electrons. The quantitative estimate of drug-likeness (QED) is 0.723. The van der Waals surface area contributed by atoms with Crippen molar-refractivity contribution in [3.05, 3.63) is 23.3 Å². The summed E-state index contributed by atoms with van der Waals surface area (Å²) in [7, 11) is 1.41. The molecule has 5 nitrogen and oxygen atoms in total. The molecule has 5 N–H and O–H groups in total. The Kier molecular flexibility index (Phi) is 5.61. The molecule has 1 rings (SSSR count). The maximum atomic E-state index is 9.74. The topological polar surface area (TPSA) is 105 Å². The highest BCUT2D eigenvalue weighted by Crippen LogP contribution is 2.33. The summed E-state index contributed by atoms with van der Waals surface area (Å²) < 4.78 is 4.93. The number of methoxy groups -OCH3 is 1. The van der Waals surface area contributed by atoms with Gasteiger partial charge in [-0.05, 0) is 6.07 Å². The summed E-state index contributed by atoms with van der Waals surface area (Å²) in [5.41, 5.74) is 11.9. The molecule has 0 aromatic heterocycles. The van der Waals surface area contributed by atoms with Crippen LogP contribution in [0.5, 0.6) is 11.5 Å². The Morgan fingerprint density at radius 1 is 1.56 bits per heavy atom. The van der Waals surface area contributed by atoms with Gasteiger partial charge in [0.15, 0.2) is 11.5 Å². The lowest BCUT2D eigenvalue weighted by Crippen LogP contribution is -2.21. The minimum absolute atomic E-state index is 0. The molecule has 0 unspecified atom stereocenters. The van der Waals surface area contributed by atoms with E-state index in [1.165, 1.54) is 19.2 Å². The Balaban J connectivity index is 0.00000225. The van der Waals surface area contributed by atoms with Crippen molar-refractivity contribution in [2.24, 2.45) is 11.5 Å². The molecule has 0 aliphatic rings. The summed E-state index contributed by atoms with van der Waals surface area (Å²) in [6, 6.07) is 4.41. The summed E-state index contributed by atoms with van der Waals surface area (Å²) in [6.45, 7) is 0.186. The molecule has 1 atom stereocenters. The van der Waals surface area contributed by atoms with Crippen LogP contribution in [-0.2, 0) is 0 Å². The van der Waals surface area contributed by atoms with Crippen LogP contribution in [0.3, 0.4) is 0 Å². The number of aromatic hydroxyl groups is 1. The zero-order chi connectivity index (χ0) is 11.4. The molecule has 16 heavy (non-hydrogen) atoms. The van der Waals surface area contributed by atoms with Gasteiger partial charge in [0.2, 0.25) is 0 Å². The van der Waals surface area contributed by atoms with E-state index in [0.29, 0.717) is 11.1 Å². The zero-order valence-corrected chi connectivity index (χ0v) is 9.62. The fourth-order valence-corrected chi connectivity index (χ4v) is 1.26. The molecule has 0 bridgehead atoms. The van der Waals surface area contributed by atoms with Gasteiger partial charge in [-0.25, -0.2) is 0 Å². The van der Waals surface area contributed by atoms with Crippen LogP contribution in [0.25, 0.3) is 0 Å². The van der Waals surface area contributed by atoms with Crippen LogP contribution < -0.4 is 16.2 Å². The van der Waals surface area contributed by atoms with Crippen LogP contribution in [0.15, 0.2) is 12.1 Å². The molecule has 6 heteroatoms. The van der Waals surface area contributed by atoms with Crippen molar-refractivity contribution in [1.82, 2.24) is 0 Å². The predicted octanol–water partition coefficient (Wildman–Crippen LogP) is 0.653. The Hall–Kier alpha value is -1.48. The van der Waals surface area contributed by atoms with E-state index in [1.807, 2.05) is 6.07 Å². The molecule has 0 amide bonds. The molecule has 1 aromatic rings. The third kappa shape index (κ3) is 2.76. The van der Waals surface area contributed by atoms with Gasteiger partial charge in [-0.1, -0.05) is 0 Å². The average molecular weight is 244 g/mol. The van der Waals surface area contributed by atoms with Crippen molar-refractivity contribution in [2.45, 2.75) is 6.04 Å². The van der Waals surface area contributed by atoms with E-state index < -0.39 is 6.04 Å². The second-order valence-corrected chi connectivity index (χ2v) is 3.07. The van der Waals surface area contributed by atoms with E-state index in [-0.39, 0.29) is 30.5 Å². The highest BCUT2D eigenvalue weighted by molar-refractivity contribution is 5.85. The normalized spacial score (nSPS) is 11.1. The van der Waals surface area contributed by atoms with Gasteiger partial charge in [0.1, 0.15) is 0 Å². The third-order valence-corrected chi connectivity index (χ3v) is 2.11. The summed E-state index contributed by atoms with van der Waals surface area (Å²) >= 11 is 0. The lowest BCUT2D eigenvalue weighted by Gasteiger charge is -2.14. The Bertz CT molecular complexity index is 404. The number of phenolic OH excluding ortho intramolecular Hbond substituents is 1. The van der Waals surface area contributed by atoms with Gasteiger partial charge in [-0.15, -0.1) is 12.4 Å². The molecule has 0 saturated carbocycles. The number of halogens is 1. The second kappa shape index (κ2) is 6.18. The molecular formula is C10H14ClN3O2. The Morgan fingerprint density at radius 3 is 2.62 bits per heavy atom. The maximum absolute atomic E-state index is 9.74. The number of rotatable bonds is 3. The van der Waals surface area contributed by atoms with Crippen LogP contribution >= 0.6 is 12.4 Å². The molecule has 0 aliphatic heterocycles. The minimum Gasteiger partial charge on any atom is -0.504 e. The van der Waals surface area contributed by atoms with E-state index in [1.54, 1.807) is 0 Å². The summed E-state index contributed by atoms with van der Waals surface area (Å²) in [5.74, 6) is 0.169. The number of hydrogen-bond donors (Lipinski definition) is 3. The zero-order valence-electron chi connectivity index (χ0n) is 8.80. The first-order valence-electron chi connectivity index (χ1n) is 4.40. The molecule has 0 aliphatic carbocycles. The fraction of sp³-hybridized carbons (Fsp3) is 0.300. The second-order valence-electron chi connectivity index (χ2n) is 3.07. The van der Waals surface area contributed by atoms with E-state index in [4.69, 9.17) is 21.5 Å². The van der Waals surface area contributed by atoms with E-state index in [0.717, 1.165) is 0 Å². The number of benzene rings is 1. The van der Waals surface area contributed by atoms with Gasteiger partial charge in [0, 0.05) is 24.2 Å². The largest absolute Gasteiger partial charge is 0.504 e. The van der Waals surface area contributed by atoms with Crippen molar-refractivity contribution in [3.8, 4) is 17.6 Å². The number of hydrogen-bond acceptors (Lipinski definition) is 5. The first-order chi connectivity index (χ1) is 7.13. The lowest BCUT2D eigenvalue weighted by molar-refractivity contribution is 0.368. The lowest BCUT2D eigenvalue weighted by atomic mass is 10.0. The molecule has 88 valence electrons. The van der Waals surface area contributed by atoms with Gasteiger partial charge < -0.3 is 21.3 Å². The van der Waals surface area contributed by atoms with Crippen molar-refractivity contribution < 1.29 is 9.84 Å². The molecule has 1 aromatic carbocycles. The van der Waals surface area contributed by atoms with Gasteiger partial charge in [-0.3, -0.25) is 0 Å². The standard InChI is InChI=1S/C10H13N3O2.ClH/c1-15-9-3-6(4-11)2-7(10(9)14)8(13)5-12;/h2-3,8,14H,5,12-13H2,1H3;1H/t8-;/m0./s1. The first-order valence-corrected chi connectivity index (χ1v) is 4.40. The predicted molar refractivity (Wildman–Crippen MR) is 62.6 cm³/mol. The monoisotopic (exact) mass is 243 g/mol. The van der Waals surface area contributed by atoms with Gasteiger partial charge >= 0.3 is 0 Å². The summed E-state index contributed by atoms with van der Waals surface area (Å²) in [5, 5.41) is 18.5. The number of nitrogens with two attached hydrogens (primary N) is 2. The number of nitriles is 1. The molecule has 0 heterocycles. The van der Waals surface area contributed by atoms with Crippen LogP contribution in [-0.4, -0.2) is 18.8 Å². The molecule has 0 fully saturated rings. The van der Waals surface area contributed by atoms with Gasteiger partial charge in [0.25, 0.3) is 0 Å². The first kappa shape index (κ1) is 14.5. The summed E-state index contributed by atoms with van der Waals surface area (Å²) in [4.78, 5) is 0. The highest BCUT2D eigenvalue weighted by atomic mass is 35.5. The van der Waals surface area contributed by atoms with Crippen molar-refractivity contribution in [3.63, 3.8) is 0 Å². The number of phenols is 1. The number of nitrogens with zero attached hydrogens (tertiary/aromatic N) is 1. The number of ether oxygens (including phenoxy) is 1. The highest BCUT2D eigenvalue weighted by Gasteiger charge is 2.15. The Morgan fingerprint density at radius 2 is 2.19 bits per heavy atom. The fourth-order valence-electron chi connectivity index (χ4n) is 1.26. The van der Waals surface area contributed by atoms with E-state index in [2.05, 4.69) is 0 Å². The molecule has 0 saturated heterocycles. The van der Waals surface area contributed by atoms with Crippen LogP contribution in [0.4, 0.5) is 0 Å². The van der Waals surface area contributed by atoms with Crippen LogP contribution in [0, 0.1) is 11.3 Å². The van der Waals surface area contributed by atoms with Crippen molar-refractivity contribution in [1.29, 1.82) is 5.26 Å². The molecular weight excluding hydrogens is 230 g/mol. The van der Waals surface area contributed by atoms with Crippen LogP contribution in [0.2, 0.25) is 0 Å². The van der Waals surface area contributed by atoms with E-state index >= 15 is 0 Å². The van der Waals surface area contributed by atoms with Crippen molar-refractivity contribution in [2.75, 3.05) is 13.7 Å². The van der Waals surface area contributed by atoms with E-state index in [9.17, 15) is 5.11 Å². The SMILES string of the molecule is COc1cc(C#N)cc([C@@H](N)CN)c1O.Cl. The third-order valence-electron chi connectivity index (χ3n) is 2.11. The molecule has 0 spiro atoms. The maximum Gasteiger partial charge on any atom is 0.162 e. The Labute approximate surface area is 100 Å². The minimum atomic E-state index is -0.507. The van der Waals surface area contributed by atoms with Crippen molar-refractivity contribution >= 4 is 12.4 Å². The van der Waals surface area contributed by atoms with Crippen LogP contribution in [0.1, 0.15) is 17.2 Å².